The van der Waals surface area contributed by atoms with Gasteiger partial charge in [0.05, 0.1) is 25.0 Å². The predicted molar refractivity (Wildman–Crippen MR) is 130 cm³/mol. The Hall–Kier alpha value is -2.95. The SMILES string of the molecule is CN1Cc2cccc(c2)CN(C(=O)C2CN(S(C)(=O)=O)CCO2)CCCOc2ccccc2C1=O. The van der Waals surface area contributed by atoms with Gasteiger partial charge < -0.3 is 19.3 Å². The summed E-state index contributed by atoms with van der Waals surface area (Å²) in [7, 11) is -1.66. The first-order chi connectivity index (χ1) is 16.7. The summed E-state index contributed by atoms with van der Waals surface area (Å²) in [4.78, 5) is 29.8. The largest absolute Gasteiger partial charge is 0.493 e. The Balaban J connectivity index is 1.59. The molecule has 2 bridgehead atoms. The van der Waals surface area contributed by atoms with Gasteiger partial charge in [-0.15, -0.1) is 0 Å². The lowest BCUT2D eigenvalue weighted by Crippen LogP contribution is -2.52. The van der Waals surface area contributed by atoms with Gasteiger partial charge in [0.15, 0.2) is 0 Å². The summed E-state index contributed by atoms with van der Waals surface area (Å²) in [5.74, 6) is 0.140. The third-order valence-electron chi connectivity index (χ3n) is 6.16. The maximum absolute atomic E-state index is 13.4. The van der Waals surface area contributed by atoms with Gasteiger partial charge in [0, 0.05) is 39.8 Å². The molecule has 2 heterocycles. The molecule has 4 rings (SSSR count). The number of fused-ring (bicyclic) bond motifs is 3. The molecule has 0 N–H and O–H groups in total. The van der Waals surface area contributed by atoms with Gasteiger partial charge >= 0.3 is 0 Å². The normalized spacial score (nSPS) is 20.5. The van der Waals surface area contributed by atoms with Crippen molar-refractivity contribution in [1.29, 1.82) is 0 Å². The molecule has 1 saturated heterocycles. The van der Waals surface area contributed by atoms with E-state index in [-0.39, 0.29) is 31.5 Å². The standard InChI is InChI=1S/C25H31N3O6S/c1-26-16-19-7-5-8-20(15-19)17-27(25(30)23-18-28(12-14-34-23)35(2,31)32)11-6-13-33-22-10-4-3-9-21(22)24(26)29/h3-5,7-10,15,23H,6,11-14,16-18H2,1-2H3. The van der Waals surface area contributed by atoms with E-state index >= 15 is 0 Å². The minimum Gasteiger partial charge on any atom is -0.493 e. The number of morpholine rings is 1. The molecule has 0 radical (unpaired) electrons. The van der Waals surface area contributed by atoms with Crippen LogP contribution in [0.1, 0.15) is 27.9 Å². The van der Waals surface area contributed by atoms with E-state index in [2.05, 4.69) is 0 Å². The van der Waals surface area contributed by atoms with Crippen molar-refractivity contribution in [2.24, 2.45) is 0 Å². The second-order valence-corrected chi connectivity index (χ2v) is 10.9. The van der Waals surface area contributed by atoms with E-state index < -0.39 is 16.1 Å². The molecule has 2 aromatic rings. The molecule has 188 valence electrons. The van der Waals surface area contributed by atoms with Crippen LogP contribution < -0.4 is 4.74 Å². The van der Waals surface area contributed by atoms with Gasteiger partial charge in [-0.25, -0.2) is 8.42 Å². The summed E-state index contributed by atoms with van der Waals surface area (Å²) >= 11 is 0. The molecule has 1 atom stereocenters. The van der Waals surface area contributed by atoms with Crippen molar-refractivity contribution in [2.45, 2.75) is 25.6 Å². The minimum atomic E-state index is -3.41. The molecule has 0 aromatic heterocycles. The van der Waals surface area contributed by atoms with Crippen LogP contribution in [0.25, 0.3) is 0 Å². The highest BCUT2D eigenvalue weighted by atomic mass is 32.2. The molecule has 2 aromatic carbocycles. The van der Waals surface area contributed by atoms with Crippen LogP contribution >= 0.6 is 0 Å². The lowest BCUT2D eigenvalue weighted by Gasteiger charge is -2.34. The van der Waals surface area contributed by atoms with Crippen LogP contribution in [0, 0.1) is 0 Å². The summed E-state index contributed by atoms with van der Waals surface area (Å²) in [5, 5.41) is 0. The number of para-hydroxylation sites is 1. The van der Waals surface area contributed by atoms with Crippen LogP contribution in [0.15, 0.2) is 48.5 Å². The second kappa shape index (κ2) is 10.8. The molecule has 0 saturated carbocycles. The number of sulfonamides is 1. The lowest BCUT2D eigenvalue weighted by atomic mass is 10.1. The van der Waals surface area contributed by atoms with Crippen LogP contribution in [-0.2, 0) is 32.6 Å². The van der Waals surface area contributed by atoms with E-state index in [9.17, 15) is 18.0 Å². The van der Waals surface area contributed by atoms with Crippen LogP contribution in [0.5, 0.6) is 5.75 Å². The van der Waals surface area contributed by atoms with Gasteiger partial charge in [0.1, 0.15) is 11.9 Å². The van der Waals surface area contributed by atoms with Crippen LogP contribution in [0.2, 0.25) is 0 Å². The fraction of sp³-hybridized carbons (Fsp3) is 0.440. The molecular formula is C25H31N3O6S. The Morgan fingerprint density at radius 3 is 2.51 bits per heavy atom. The summed E-state index contributed by atoms with van der Waals surface area (Å²) in [5.41, 5.74) is 2.36. The number of carbonyl (C=O) groups excluding carboxylic acids is 2. The number of hydrogen-bond acceptors (Lipinski definition) is 6. The summed E-state index contributed by atoms with van der Waals surface area (Å²) in [6, 6.07) is 14.9. The maximum atomic E-state index is 13.4. The van der Waals surface area contributed by atoms with Gasteiger partial charge in [-0.3, -0.25) is 9.59 Å². The molecule has 9 nitrogen and oxygen atoms in total. The third-order valence-corrected chi connectivity index (χ3v) is 7.43. The van der Waals surface area contributed by atoms with Gasteiger partial charge in [0.25, 0.3) is 11.8 Å². The highest BCUT2D eigenvalue weighted by Crippen LogP contribution is 2.22. The Kier molecular flexibility index (Phi) is 7.73. The number of ether oxygens (including phenoxy) is 2. The first-order valence-corrected chi connectivity index (χ1v) is 13.5. The van der Waals surface area contributed by atoms with Crippen LogP contribution in [-0.4, -0.2) is 86.6 Å². The molecule has 1 fully saturated rings. The van der Waals surface area contributed by atoms with E-state index in [0.29, 0.717) is 44.0 Å². The Labute approximate surface area is 206 Å². The zero-order chi connectivity index (χ0) is 25.0. The summed E-state index contributed by atoms with van der Waals surface area (Å²) in [6.07, 6.45) is 0.821. The Morgan fingerprint density at radius 1 is 1.00 bits per heavy atom. The lowest BCUT2D eigenvalue weighted by molar-refractivity contribution is -0.148. The van der Waals surface area contributed by atoms with E-state index in [1.807, 2.05) is 36.4 Å². The highest BCUT2D eigenvalue weighted by molar-refractivity contribution is 7.88. The fourth-order valence-electron chi connectivity index (χ4n) is 4.35. The molecule has 0 aliphatic carbocycles. The number of rotatable bonds is 2. The van der Waals surface area contributed by atoms with Crippen molar-refractivity contribution in [1.82, 2.24) is 14.1 Å². The quantitative estimate of drug-likeness (QED) is 0.622. The number of carbonyl (C=O) groups is 2. The van der Waals surface area contributed by atoms with Crippen LogP contribution in [0.4, 0.5) is 0 Å². The average molecular weight is 502 g/mol. The predicted octanol–water partition coefficient (Wildman–Crippen LogP) is 1.73. The fourth-order valence-corrected chi connectivity index (χ4v) is 5.16. The van der Waals surface area contributed by atoms with Gasteiger partial charge in [-0.05, 0) is 29.7 Å². The third kappa shape index (κ3) is 6.19. The number of nitrogens with zero attached hydrogens (tertiary/aromatic N) is 3. The van der Waals surface area contributed by atoms with Gasteiger partial charge in [-0.2, -0.15) is 4.31 Å². The van der Waals surface area contributed by atoms with Crippen molar-refractivity contribution in [2.75, 3.05) is 46.2 Å². The van der Waals surface area contributed by atoms with E-state index in [0.717, 1.165) is 17.4 Å². The summed E-state index contributed by atoms with van der Waals surface area (Å²) < 4.78 is 36.9. The molecule has 10 heteroatoms. The van der Waals surface area contributed by atoms with Crippen LogP contribution in [0.3, 0.4) is 0 Å². The Morgan fingerprint density at radius 2 is 1.74 bits per heavy atom. The number of amides is 2. The molecule has 1 unspecified atom stereocenters. The van der Waals surface area contributed by atoms with Crippen molar-refractivity contribution >= 4 is 21.8 Å². The second-order valence-electron chi connectivity index (χ2n) is 8.92. The Bertz CT molecular complexity index is 1190. The average Bonchev–Trinajstić information content (AvgIpc) is 2.84. The van der Waals surface area contributed by atoms with E-state index in [1.54, 1.807) is 29.0 Å². The van der Waals surface area contributed by atoms with Crippen molar-refractivity contribution in [3.63, 3.8) is 0 Å². The zero-order valence-electron chi connectivity index (χ0n) is 20.1. The highest BCUT2D eigenvalue weighted by Gasteiger charge is 2.33. The zero-order valence-corrected chi connectivity index (χ0v) is 20.9. The monoisotopic (exact) mass is 501 g/mol. The van der Waals surface area contributed by atoms with E-state index in [1.165, 1.54) is 4.31 Å². The van der Waals surface area contributed by atoms with Gasteiger partial charge in [-0.1, -0.05) is 36.4 Å². The maximum Gasteiger partial charge on any atom is 0.257 e. The molecule has 35 heavy (non-hydrogen) atoms. The first kappa shape index (κ1) is 25.2. The van der Waals surface area contributed by atoms with E-state index in [4.69, 9.17) is 9.47 Å². The molecular weight excluding hydrogens is 470 g/mol. The van der Waals surface area contributed by atoms with Crippen molar-refractivity contribution in [3.8, 4) is 5.75 Å². The van der Waals surface area contributed by atoms with Crippen molar-refractivity contribution < 1.29 is 27.5 Å². The molecule has 0 spiro atoms. The molecule has 2 aliphatic heterocycles. The topological polar surface area (TPSA) is 96.5 Å². The van der Waals surface area contributed by atoms with Gasteiger partial charge in [0.2, 0.25) is 10.0 Å². The molecule has 2 amide bonds. The first-order valence-electron chi connectivity index (χ1n) is 11.6. The smallest absolute Gasteiger partial charge is 0.257 e. The summed E-state index contributed by atoms with van der Waals surface area (Å²) in [6.45, 7) is 1.89. The molecule has 2 aliphatic rings. The number of hydrogen-bond donors (Lipinski definition) is 0. The minimum absolute atomic E-state index is 0.00495. The number of benzene rings is 2. The van der Waals surface area contributed by atoms with Crippen molar-refractivity contribution in [3.05, 3.63) is 65.2 Å².